The average Bonchev–Trinajstić information content (AvgIpc) is 2.74. The van der Waals surface area contributed by atoms with Gasteiger partial charge in [-0.1, -0.05) is 6.07 Å². The second-order valence-corrected chi connectivity index (χ2v) is 7.52. The summed E-state index contributed by atoms with van der Waals surface area (Å²) in [4.78, 5) is 17.1. The number of nitrogens with zero attached hydrogens (tertiary/aromatic N) is 2. The minimum atomic E-state index is -0.157. The topological polar surface area (TPSA) is 54.0 Å². The lowest BCUT2D eigenvalue weighted by atomic mass is 10.1. The number of anilines is 2. The van der Waals surface area contributed by atoms with Crippen LogP contribution in [0.15, 0.2) is 42.5 Å². The van der Waals surface area contributed by atoms with E-state index in [1.807, 2.05) is 31.2 Å². The summed E-state index contributed by atoms with van der Waals surface area (Å²) in [6, 6.07) is 11.9. The van der Waals surface area contributed by atoms with Crippen LogP contribution >= 0.6 is 0 Å². The third-order valence-electron chi connectivity index (χ3n) is 5.33. The van der Waals surface area contributed by atoms with E-state index in [0.29, 0.717) is 19.0 Å². The molecule has 0 atom stereocenters. The summed E-state index contributed by atoms with van der Waals surface area (Å²) in [5.74, 6) is 1.30. The van der Waals surface area contributed by atoms with Gasteiger partial charge in [-0.3, -0.25) is 4.79 Å². The van der Waals surface area contributed by atoms with Gasteiger partial charge in [0.05, 0.1) is 0 Å². The number of carbonyl (C=O) groups is 1. The van der Waals surface area contributed by atoms with Crippen molar-refractivity contribution in [3.63, 3.8) is 0 Å². The summed E-state index contributed by atoms with van der Waals surface area (Å²) in [5, 5.41) is 2.97. The fourth-order valence-corrected chi connectivity index (χ4v) is 3.56. The molecule has 0 spiro atoms. The van der Waals surface area contributed by atoms with Gasteiger partial charge >= 0.3 is 0 Å². The van der Waals surface area contributed by atoms with E-state index in [2.05, 4.69) is 34.3 Å². The molecular formula is C23H27N3O3. The van der Waals surface area contributed by atoms with Crippen molar-refractivity contribution >= 4 is 23.4 Å². The maximum atomic E-state index is 12.4. The SMILES string of the molecule is Cc1cc(N2CCN(C)CC2)ccc1NC(=O)/C=C/c1ccc2c(c1)OCCO2. The molecule has 152 valence electrons. The number of likely N-dealkylation sites (N-methyl/N-ethyl adjacent to an activating group) is 1. The molecule has 0 radical (unpaired) electrons. The zero-order valence-corrected chi connectivity index (χ0v) is 17.0. The van der Waals surface area contributed by atoms with E-state index in [-0.39, 0.29) is 5.91 Å². The number of amides is 1. The molecule has 0 aliphatic carbocycles. The first-order chi connectivity index (χ1) is 14.1. The average molecular weight is 393 g/mol. The first-order valence-electron chi connectivity index (χ1n) is 10.0. The van der Waals surface area contributed by atoms with Crippen LogP contribution in [0.4, 0.5) is 11.4 Å². The number of piperazine rings is 1. The van der Waals surface area contributed by atoms with E-state index >= 15 is 0 Å². The van der Waals surface area contributed by atoms with Gasteiger partial charge in [0.15, 0.2) is 11.5 Å². The summed E-state index contributed by atoms with van der Waals surface area (Å²) in [7, 11) is 2.15. The van der Waals surface area contributed by atoms with Crippen molar-refractivity contribution in [1.82, 2.24) is 4.90 Å². The Morgan fingerprint density at radius 1 is 1.00 bits per heavy atom. The van der Waals surface area contributed by atoms with Gasteiger partial charge in [0.1, 0.15) is 13.2 Å². The predicted octanol–water partition coefficient (Wildman–Crippen LogP) is 3.17. The normalized spacial score (nSPS) is 16.8. The number of hydrogen-bond acceptors (Lipinski definition) is 5. The van der Waals surface area contributed by atoms with Crippen LogP contribution < -0.4 is 19.7 Å². The van der Waals surface area contributed by atoms with Gasteiger partial charge in [-0.25, -0.2) is 0 Å². The lowest BCUT2D eigenvalue weighted by Crippen LogP contribution is -2.44. The Bertz CT molecular complexity index is 918. The molecule has 6 nitrogen and oxygen atoms in total. The Kier molecular flexibility index (Phi) is 5.71. The van der Waals surface area contributed by atoms with Crippen molar-refractivity contribution in [2.24, 2.45) is 0 Å². The summed E-state index contributed by atoms with van der Waals surface area (Å²) in [5.41, 5.74) is 3.99. The molecule has 1 fully saturated rings. The number of nitrogens with one attached hydrogen (secondary N) is 1. The van der Waals surface area contributed by atoms with E-state index in [1.165, 1.54) is 5.69 Å². The monoisotopic (exact) mass is 393 g/mol. The highest BCUT2D eigenvalue weighted by molar-refractivity contribution is 6.02. The highest BCUT2D eigenvalue weighted by Gasteiger charge is 2.15. The number of aryl methyl sites for hydroxylation is 1. The van der Waals surface area contributed by atoms with E-state index in [4.69, 9.17) is 9.47 Å². The Morgan fingerprint density at radius 3 is 2.52 bits per heavy atom. The minimum absolute atomic E-state index is 0.157. The van der Waals surface area contributed by atoms with E-state index in [1.54, 1.807) is 12.2 Å². The van der Waals surface area contributed by atoms with Crippen molar-refractivity contribution in [3.05, 3.63) is 53.6 Å². The molecular weight excluding hydrogens is 366 g/mol. The van der Waals surface area contributed by atoms with Crippen LogP contribution in [0.1, 0.15) is 11.1 Å². The van der Waals surface area contributed by atoms with E-state index in [9.17, 15) is 4.79 Å². The number of carbonyl (C=O) groups excluding carboxylic acids is 1. The fraction of sp³-hybridized carbons (Fsp3) is 0.348. The number of rotatable bonds is 4. The van der Waals surface area contributed by atoms with Crippen LogP contribution in [0, 0.1) is 6.92 Å². The van der Waals surface area contributed by atoms with Gasteiger partial charge in [0.25, 0.3) is 0 Å². The van der Waals surface area contributed by atoms with Gasteiger partial charge in [-0.05, 0) is 61.5 Å². The molecule has 2 aliphatic heterocycles. The largest absolute Gasteiger partial charge is 0.486 e. The van der Waals surface area contributed by atoms with Crippen LogP contribution in [0.25, 0.3) is 6.08 Å². The molecule has 2 aliphatic rings. The maximum Gasteiger partial charge on any atom is 0.248 e. The van der Waals surface area contributed by atoms with Crippen LogP contribution in [0.2, 0.25) is 0 Å². The highest BCUT2D eigenvalue weighted by atomic mass is 16.6. The van der Waals surface area contributed by atoms with Gasteiger partial charge < -0.3 is 24.6 Å². The van der Waals surface area contributed by atoms with Crippen LogP contribution in [0.3, 0.4) is 0 Å². The third kappa shape index (κ3) is 4.71. The van der Waals surface area contributed by atoms with Crippen molar-refractivity contribution in [2.45, 2.75) is 6.92 Å². The first-order valence-corrected chi connectivity index (χ1v) is 10.0. The lowest BCUT2D eigenvalue weighted by molar-refractivity contribution is -0.111. The molecule has 0 unspecified atom stereocenters. The van der Waals surface area contributed by atoms with Gasteiger partial charge in [-0.15, -0.1) is 0 Å². The van der Waals surface area contributed by atoms with E-state index < -0.39 is 0 Å². The second-order valence-electron chi connectivity index (χ2n) is 7.52. The van der Waals surface area contributed by atoms with Gasteiger partial charge in [0, 0.05) is 43.6 Å². The highest BCUT2D eigenvalue weighted by Crippen LogP contribution is 2.31. The van der Waals surface area contributed by atoms with Crippen molar-refractivity contribution in [1.29, 1.82) is 0 Å². The first kappa shape index (κ1) is 19.3. The van der Waals surface area contributed by atoms with Crippen molar-refractivity contribution < 1.29 is 14.3 Å². The number of ether oxygens (including phenoxy) is 2. The Hall–Kier alpha value is -2.99. The third-order valence-corrected chi connectivity index (χ3v) is 5.33. The van der Waals surface area contributed by atoms with E-state index in [0.717, 1.165) is 48.7 Å². The summed E-state index contributed by atoms with van der Waals surface area (Å²) < 4.78 is 11.1. The quantitative estimate of drug-likeness (QED) is 0.809. The van der Waals surface area contributed by atoms with Gasteiger partial charge in [-0.2, -0.15) is 0 Å². The molecule has 0 aromatic heterocycles. The molecule has 0 saturated carbocycles. The molecule has 2 heterocycles. The molecule has 0 bridgehead atoms. The lowest BCUT2D eigenvalue weighted by Gasteiger charge is -2.34. The Morgan fingerprint density at radius 2 is 1.76 bits per heavy atom. The number of fused-ring (bicyclic) bond motifs is 1. The predicted molar refractivity (Wildman–Crippen MR) is 116 cm³/mol. The smallest absolute Gasteiger partial charge is 0.248 e. The molecule has 2 aromatic carbocycles. The molecule has 29 heavy (non-hydrogen) atoms. The van der Waals surface area contributed by atoms with Crippen LogP contribution in [-0.4, -0.2) is 57.2 Å². The molecule has 1 N–H and O–H groups in total. The molecule has 2 aromatic rings. The zero-order valence-electron chi connectivity index (χ0n) is 17.0. The second kappa shape index (κ2) is 8.57. The Labute approximate surface area is 171 Å². The standard InChI is InChI=1S/C23H27N3O3/c1-17-15-19(26-11-9-25(2)10-12-26)5-6-20(17)24-23(27)8-4-18-3-7-21-22(16-18)29-14-13-28-21/h3-8,15-16H,9-14H2,1-2H3,(H,24,27)/b8-4+. The maximum absolute atomic E-state index is 12.4. The molecule has 4 rings (SSSR count). The number of benzene rings is 2. The van der Waals surface area contributed by atoms with Crippen molar-refractivity contribution in [2.75, 3.05) is 56.7 Å². The minimum Gasteiger partial charge on any atom is -0.486 e. The van der Waals surface area contributed by atoms with Crippen LogP contribution in [-0.2, 0) is 4.79 Å². The summed E-state index contributed by atoms with van der Waals surface area (Å²) in [6.07, 6.45) is 3.32. The molecule has 1 amide bonds. The van der Waals surface area contributed by atoms with Gasteiger partial charge in [0.2, 0.25) is 5.91 Å². The molecule has 1 saturated heterocycles. The summed E-state index contributed by atoms with van der Waals surface area (Å²) >= 11 is 0. The Balaban J connectivity index is 1.38. The number of hydrogen-bond donors (Lipinski definition) is 1. The summed E-state index contributed by atoms with van der Waals surface area (Å²) in [6.45, 7) is 7.34. The van der Waals surface area contributed by atoms with Crippen LogP contribution in [0.5, 0.6) is 11.5 Å². The van der Waals surface area contributed by atoms with Crippen molar-refractivity contribution in [3.8, 4) is 11.5 Å². The zero-order chi connectivity index (χ0) is 20.2. The molecule has 6 heteroatoms. The fourth-order valence-electron chi connectivity index (χ4n) is 3.56.